The fraction of sp³-hybridized carbons (Fsp3) is 0.444. The average Bonchev–Trinajstić information content (AvgIpc) is 3.50. The van der Waals surface area contributed by atoms with E-state index in [4.69, 9.17) is 4.98 Å². The number of hydrogen-bond acceptors (Lipinski definition) is 5. The van der Waals surface area contributed by atoms with Crippen LogP contribution in [0.1, 0.15) is 72.7 Å². The molecule has 8 nitrogen and oxygen atoms in total. The smallest absolute Gasteiger partial charge is 0.255 e. The van der Waals surface area contributed by atoms with E-state index in [-0.39, 0.29) is 11.3 Å². The number of rotatable bonds is 8. The number of carbonyl (C=O) groups excluding carboxylic acids is 1. The number of aryl methyl sites for hydroxylation is 1. The van der Waals surface area contributed by atoms with Crippen molar-refractivity contribution in [3.05, 3.63) is 95.8 Å². The number of imidazole rings is 1. The summed E-state index contributed by atoms with van der Waals surface area (Å²) in [5.74, 6) is 0.999. The number of carbonyl (C=O) groups is 1. The summed E-state index contributed by atoms with van der Waals surface area (Å²) in [6.07, 6.45) is 8.79. The Labute approximate surface area is 266 Å². The van der Waals surface area contributed by atoms with Gasteiger partial charge in [-0.15, -0.1) is 0 Å². The van der Waals surface area contributed by atoms with E-state index in [0.717, 1.165) is 43.4 Å². The molecule has 4 aromatic rings. The first-order valence-corrected chi connectivity index (χ1v) is 18.2. The lowest BCUT2D eigenvalue weighted by atomic mass is 9.70. The summed E-state index contributed by atoms with van der Waals surface area (Å²) in [6.45, 7) is 4.50. The van der Waals surface area contributed by atoms with Crippen LogP contribution in [0.2, 0.25) is 0 Å². The van der Waals surface area contributed by atoms with E-state index in [1.165, 1.54) is 36.8 Å². The van der Waals surface area contributed by atoms with Gasteiger partial charge in [0, 0.05) is 31.2 Å². The Balaban J connectivity index is 1.06. The number of benzene rings is 3. The first-order chi connectivity index (χ1) is 21.7. The highest BCUT2D eigenvalue weighted by molar-refractivity contribution is 7.92. The van der Waals surface area contributed by atoms with Crippen molar-refractivity contribution in [3.8, 4) is 0 Å². The fourth-order valence-corrected chi connectivity index (χ4v) is 9.11. The molecule has 1 amide bonds. The molecular weight excluding hydrogens is 582 g/mol. The van der Waals surface area contributed by atoms with Crippen LogP contribution in [-0.2, 0) is 15.4 Å². The van der Waals surface area contributed by atoms with Crippen molar-refractivity contribution < 1.29 is 13.2 Å². The van der Waals surface area contributed by atoms with Crippen LogP contribution in [0.15, 0.2) is 78.9 Å². The number of aromatic nitrogens is 2. The van der Waals surface area contributed by atoms with Gasteiger partial charge < -0.3 is 9.47 Å². The van der Waals surface area contributed by atoms with Crippen molar-refractivity contribution in [3.63, 3.8) is 0 Å². The second-order valence-corrected chi connectivity index (χ2v) is 15.1. The van der Waals surface area contributed by atoms with Crippen LogP contribution in [0, 0.1) is 6.92 Å². The molecule has 2 bridgehead atoms. The van der Waals surface area contributed by atoms with Gasteiger partial charge in [-0.05, 0) is 93.7 Å². The molecule has 0 spiro atoms. The molecule has 0 radical (unpaired) electrons. The molecule has 2 unspecified atom stereocenters. The Hall–Kier alpha value is -3.69. The Morgan fingerprint density at radius 3 is 2.24 bits per heavy atom. The molecule has 3 aliphatic rings. The summed E-state index contributed by atoms with van der Waals surface area (Å²) in [5, 5.41) is 0. The van der Waals surface area contributed by atoms with Crippen LogP contribution < -0.4 is 4.72 Å². The number of anilines is 1. The molecule has 236 valence electrons. The molecular formula is C36H43N5O3S. The van der Waals surface area contributed by atoms with Crippen LogP contribution >= 0.6 is 0 Å². The first-order valence-electron chi connectivity index (χ1n) is 16.3. The largest absolute Gasteiger partial charge is 0.339 e. The van der Waals surface area contributed by atoms with Gasteiger partial charge in [-0.3, -0.25) is 14.4 Å². The van der Waals surface area contributed by atoms with E-state index in [9.17, 15) is 13.2 Å². The summed E-state index contributed by atoms with van der Waals surface area (Å²) in [5.41, 5.74) is 4.44. The quantitative estimate of drug-likeness (QED) is 0.254. The van der Waals surface area contributed by atoms with Gasteiger partial charge >= 0.3 is 0 Å². The van der Waals surface area contributed by atoms with Gasteiger partial charge in [0.25, 0.3) is 5.91 Å². The highest BCUT2D eigenvalue weighted by Gasteiger charge is 2.44. The minimum Gasteiger partial charge on any atom is -0.339 e. The molecule has 3 saturated heterocycles. The SMILES string of the molecule is Cc1nc2ccccc2n1C1CC2CCC(C1)N2CCC1(c2ccccc2)CCN(C(=O)c2ccccc2NS(C)(=O)=O)CC1. The maximum absolute atomic E-state index is 13.7. The summed E-state index contributed by atoms with van der Waals surface area (Å²) in [4.78, 5) is 23.2. The van der Waals surface area contributed by atoms with Crippen molar-refractivity contribution in [1.29, 1.82) is 0 Å². The average molecular weight is 626 g/mol. The fourth-order valence-electron chi connectivity index (χ4n) is 8.53. The first kappa shape index (κ1) is 30.0. The van der Waals surface area contributed by atoms with Gasteiger partial charge in [-0.1, -0.05) is 54.6 Å². The Kier molecular flexibility index (Phi) is 7.94. The number of hydrogen-bond donors (Lipinski definition) is 1. The van der Waals surface area contributed by atoms with Crippen LogP contribution in [-0.4, -0.2) is 71.6 Å². The molecule has 9 heteroatoms. The number of likely N-dealkylation sites (tertiary alicyclic amines) is 1. The summed E-state index contributed by atoms with van der Waals surface area (Å²) in [7, 11) is -3.50. The zero-order valence-electron chi connectivity index (χ0n) is 26.2. The third kappa shape index (κ3) is 5.88. The highest BCUT2D eigenvalue weighted by Crippen LogP contribution is 2.45. The van der Waals surface area contributed by atoms with Crippen LogP contribution in [0.25, 0.3) is 11.0 Å². The predicted octanol–water partition coefficient (Wildman–Crippen LogP) is 6.15. The van der Waals surface area contributed by atoms with E-state index in [1.54, 1.807) is 24.3 Å². The Morgan fingerprint density at radius 1 is 0.889 bits per heavy atom. The number of sulfonamides is 1. The van der Waals surface area contributed by atoms with Gasteiger partial charge in [-0.2, -0.15) is 0 Å². The molecule has 4 heterocycles. The van der Waals surface area contributed by atoms with E-state index in [0.29, 0.717) is 42.5 Å². The third-order valence-electron chi connectivity index (χ3n) is 10.7. The third-order valence-corrected chi connectivity index (χ3v) is 11.3. The molecule has 1 aromatic heterocycles. The van der Waals surface area contributed by atoms with Crippen LogP contribution in [0.5, 0.6) is 0 Å². The maximum Gasteiger partial charge on any atom is 0.255 e. The molecule has 3 aliphatic heterocycles. The van der Waals surface area contributed by atoms with E-state index < -0.39 is 10.0 Å². The second-order valence-electron chi connectivity index (χ2n) is 13.4. The molecule has 0 aliphatic carbocycles. The van der Waals surface area contributed by atoms with Crippen molar-refractivity contribution >= 4 is 32.7 Å². The number of piperidine rings is 2. The molecule has 3 fully saturated rings. The molecule has 45 heavy (non-hydrogen) atoms. The monoisotopic (exact) mass is 625 g/mol. The van der Waals surface area contributed by atoms with Crippen molar-refractivity contribution in [2.45, 2.75) is 75.4 Å². The second kappa shape index (κ2) is 11.9. The molecule has 1 N–H and O–H groups in total. The highest BCUT2D eigenvalue weighted by atomic mass is 32.2. The zero-order valence-corrected chi connectivity index (χ0v) is 27.0. The molecule has 0 saturated carbocycles. The van der Waals surface area contributed by atoms with Crippen LogP contribution in [0.3, 0.4) is 0 Å². The van der Waals surface area contributed by atoms with Crippen molar-refractivity contribution in [2.75, 3.05) is 30.6 Å². The Morgan fingerprint density at radius 2 is 1.53 bits per heavy atom. The van der Waals surface area contributed by atoms with E-state index in [2.05, 4.69) is 75.7 Å². The zero-order chi connectivity index (χ0) is 31.2. The van der Waals surface area contributed by atoms with Crippen LogP contribution in [0.4, 0.5) is 5.69 Å². The van der Waals surface area contributed by atoms with E-state index in [1.807, 2.05) is 4.90 Å². The lowest BCUT2D eigenvalue weighted by Gasteiger charge is -2.45. The predicted molar refractivity (Wildman–Crippen MR) is 179 cm³/mol. The minimum absolute atomic E-state index is 0.00398. The summed E-state index contributed by atoms with van der Waals surface area (Å²) >= 11 is 0. The van der Waals surface area contributed by atoms with Gasteiger partial charge in [0.1, 0.15) is 5.82 Å². The van der Waals surface area contributed by atoms with Crippen molar-refractivity contribution in [2.24, 2.45) is 0 Å². The number of amides is 1. The Bertz CT molecular complexity index is 1780. The van der Waals surface area contributed by atoms with Gasteiger partial charge in [0.2, 0.25) is 10.0 Å². The van der Waals surface area contributed by atoms with E-state index >= 15 is 0 Å². The lowest BCUT2D eigenvalue weighted by molar-refractivity contribution is 0.0608. The molecule has 3 aromatic carbocycles. The molecule has 2 atom stereocenters. The standard InChI is InChI=1S/C36H43N5O3S/c1-26-37-33-14-8-9-15-34(33)41(26)30-24-28-16-17-29(25-30)40(28)23-20-36(27-10-4-3-5-11-27)18-21-39(22-19-36)35(42)31-12-6-7-13-32(31)38-45(2,43)44/h3-15,28-30,38H,16-25H2,1-2H3. The normalized spacial score (nSPS) is 23.3. The van der Waals surface area contributed by atoms with Gasteiger partial charge in [0.15, 0.2) is 0 Å². The lowest BCUT2D eigenvalue weighted by Crippen LogP contribution is -2.49. The summed E-state index contributed by atoms with van der Waals surface area (Å²) < 4.78 is 28.9. The number of para-hydroxylation sites is 3. The van der Waals surface area contributed by atoms with Crippen molar-refractivity contribution in [1.82, 2.24) is 19.4 Å². The summed E-state index contributed by atoms with van der Waals surface area (Å²) in [6, 6.07) is 28.0. The number of nitrogens with zero attached hydrogens (tertiary/aromatic N) is 4. The minimum atomic E-state index is -3.50. The number of nitrogens with one attached hydrogen (secondary N) is 1. The van der Waals surface area contributed by atoms with Gasteiger partial charge in [0.05, 0.1) is 28.5 Å². The molecule has 7 rings (SSSR count). The topological polar surface area (TPSA) is 87.5 Å². The number of fused-ring (bicyclic) bond motifs is 3. The van der Waals surface area contributed by atoms with Gasteiger partial charge in [-0.25, -0.2) is 13.4 Å². The maximum atomic E-state index is 13.7.